The number of aryl methyl sites for hydroxylation is 1. The number of fused-ring (bicyclic) bond motifs is 2. The molecule has 3 aliphatic heterocycles. The molecular weight excluding hydrogens is 395 g/mol. The number of aliphatic hydroxyl groups is 1. The lowest BCUT2D eigenvalue weighted by molar-refractivity contribution is -0.110. The summed E-state index contributed by atoms with van der Waals surface area (Å²) in [6.45, 7) is 4.80. The molecule has 2 aromatic carbocycles. The number of hydrogen-bond donors (Lipinski definition) is 2. The molecule has 3 aliphatic rings. The molecule has 2 unspecified atom stereocenters. The molecule has 162 valence electrons. The molecule has 0 spiro atoms. The number of β-amino-alcohol motifs (C(OH)–C–C–N with tert-alkyl or cyclic N) is 1. The monoisotopic (exact) mass is 422 g/mol. The van der Waals surface area contributed by atoms with Crippen molar-refractivity contribution < 1.29 is 19.0 Å². The maximum atomic E-state index is 13.8. The highest BCUT2D eigenvalue weighted by Crippen LogP contribution is 2.45. The minimum atomic E-state index is -0.379. The highest BCUT2D eigenvalue weighted by atomic mass is 19.1. The molecule has 0 aliphatic carbocycles. The van der Waals surface area contributed by atoms with Gasteiger partial charge in [-0.25, -0.2) is 4.39 Å². The van der Waals surface area contributed by atoms with Gasteiger partial charge in [-0.3, -0.25) is 4.79 Å². The van der Waals surface area contributed by atoms with Crippen LogP contribution in [0.15, 0.2) is 36.4 Å². The van der Waals surface area contributed by atoms with Crippen molar-refractivity contribution in [2.75, 3.05) is 25.0 Å². The van der Waals surface area contributed by atoms with Gasteiger partial charge in [0.05, 0.1) is 11.7 Å². The number of piperidine rings is 1. The molecule has 31 heavy (non-hydrogen) atoms. The van der Waals surface area contributed by atoms with Crippen LogP contribution in [0.4, 0.5) is 10.1 Å². The molecule has 1 amide bonds. The molecule has 0 aromatic heterocycles. The van der Waals surface area contributed by atoms with Gasteiger partial charge in [0.1, 0.15) is 17.7 Å². The van der Waals surface area contributed by atoms with Crippen LogP contribution < -0.4 is 5.32 Å². The Morgan fingerprint density at radius 3 is 2.94 bits per heavy atom. The molecule has 5 rings (SSSR count). The first-order valence-corrected chi connectivity index (χ1v) is 11.1. The Morgan fingerprint density at radius 2 is 2.10 bits per heavy atom. The van der Waals surface area contributed by atoms with Crippen molar-refractivity contribution in [3.05, 3.63) is 64.5 Å². The van der Waals surface area contributed by atoms with Crippen LogP contribution >= 0.6 is 0 Å². The standard InChI is InChI=1S/C25H27FN2O3/c1-15-20-12-16(4-2-10-28-11-3-5-18(29)14-28)6-8-19(20)24(31-15)23-21-13-17(26)7-9-22(21)27-25(23)30/h6-9,12-13,15,18,29H,2-5,10-11,14H2,1H3,(H,27,30)/b24-23+. The van der Waals surface area contributed by atoms with Crippen LogP contribution in [-0.4, -0.2) is 41.7 Å². The Bertz CT molecular complexity index is 1060. The lowest BCUT2D eigenvalue weighted by Gasteiger charge is -2.29. The van der Waals surface area contributed by atoms with Crippen molar-refractivity contribution in [2.24, 2.45) is 0 Å². The van der Waals surface area contributed by atoms with Crippen LogP contribution in [0.3, 0.4) is 0 Å². The van der Waals surface area contributed by atoms with Gasteiger partial charge in [0.15, 0.2) is 0 Å². The van der Waals surface area contributed by atoms with Gasteiger partial charge in [0.25, 0.3) is 5.91 Å². The Kier molecular flexibility index (Phi) is 5.28. The van der Waals surface area contributed by atoms with Gasteiger partial charge in [0, 0.05) is 28.9 Å². The summed E-state index contributed by atoms with van der Waals surface area (Å²) >= 11 is 0. The van der Waals surface area contributed by atoms with Crippen LogP contribution in [-0.2, 0) is 16.0 Å². The summed E-state index contributed by atoms with van der Waals surface area (Å²) in [6.07, 6.45) is 3.60. The zero-order chi connectivity index (χ0) is 21.5. The van der Waals surface area contributed by atoms with Gasteiger partial charge in [-0.05, 0) is 69.5 Å². The number of hydrogen-bond acceptors (Lipinski definition) is 4. The molecule has 6 heteroatoms. The number of nitrogens with one attached hydrogen (secondary N) is 1. The van der Waals surface area contributed by atoms with E-state index in [9.17, 15) is 14.3 Å². The van der Waals surface area contributed by atoms with E-state index in [0.29, 0.717) is 22.6 Å². The maximum absolute atomic E-state index is 13.8. The van der Waals surface area contributed by atoms with E-state index in [1.807, 2.05) is 13.0 Å². The van der Waals surface area contributed by atoms with E-state index in [-0.39, 0.29) is 23.9 Å². The normalized spacial score (nSPS) is 25.2. The van der Waals surface area contributed by atoms with E-state index >= 15 is 0 Å². The number of aliphatic hydroxyl groups excluding tert-OH is 1. The molecule has 2 aromatic rings. The number of nitrogens with zero attached hydrogens (tertiary/aromatic N) is 1. The molecule has 1 saturated heterocycles. The fourth-order valence-corrected chi connectivity index (χ4v) is 4.91. The quantitative estimate of drug-likeness (QED) is 0.728. The third-order valence-electron chi connectivity index (χ3n) is 6.47. The Balaban J connectivity index is 1.37. The van der Waals surface area contributed by atoms with Crippen LogP contribution in [0.2, 0.25) is 0 Å². The average Bonchev–Trinajstić information content (AvgIpc) is 3.23. The molecule has 2 N–H and O–H groups in total. The second-order valence-corrected chi connectivity index (χ2v) is 8.73. The van der Waals surface area contributed by atoms with Gasteiger partial charge in [-0.1, -0.05) is 18.2 Å². The van der Waals surface area contributed by atoms with E-state index in [0.717, 1.165) is 56.4 Å². The molecule has 0 saturated carbocycles. The van der Waals surface area contributed by atoms with Crippen molar-refractivity contribution in [1.82, 2.24) is 4.90 Å². The van der Waals surface area contributed by atoms with Gasteiger partial charge < -0.3 is 20.1 Å². The third kappa shape index (κ3) is 3.86. The zero-order valence-electron chi connectivity index (χ0n) is 17.7. The number of carbonyl (C=O) groups excluding carboxylic acids is 1. The molecule has 0 bridgehead atoms. The second kappa shape index (κ2) is 8.09. The van der Waals surface area contributed by atoms with E-state index < -0.39 is 0 Å². The predicted molar refractivity (Wildman–Crippen MR) is 118 cm³/mol. The number of ether oxygens (including phenoxy) is 1. The Morgan fingerprint density at radius 1 is 1.23 bits per heavy atom. The predicted octanol–water partition coefficient (Wildman–Crippen LogP) is 4.13. The highest BCUT2D eigenvalue weighted by Gasteiger charge is 2.35. The summed E-state index contributed by atoms with van der Waals surface area (Å²) in [7, 11) is 0. The molecular formula is C25H27FN2O3. The van der Waals surface area contributed by atoms with Crippen molar-refractivity contribution >= 4 is 22.9 Å². The maximum Gasteiger partial charge on any atom is 0.260 e. The van der Waals surface area contributed by atoms with E-state index in [4.69, 9.17) is 4.74 Å². The van der Waals surface area contributed by atoms with Crippen molar-refractivity contribution in [1.29, 1.82) is 0 Å². The van der Waals surface area contributed by atoms with Crippen molar-refractivity contribution in [3.63, 3.8) is 0 Å². The van der Waals surface area contributed by atoms with E-state index in [1.165, 1.54) is 17.7 Å². The number of halogens is 1. The highest BCUT2D eigenvalue weighted by molar-refractivity contribution is 6.36. The Hall–Kier alpha value is -2.70. The van der Waals surface area contributed by atoms with Crippen LogP contribution in [0, 0.1) is 5.82 Å². The number of likely N-dealkylation sites (tertiary alicyclic amines) is 1. The van der Waals surface area contributed by atoms with Crippen molar-refractivity contribution in [3.8, 4) is 0 Å². The van der Waals surface area contributed by atoms with E-state index in [2.05, 4.69) is 22.3 Å². The molecule has 1 fully saturated rings. The first kappa shape index (κ1) is 20.2. The number of benzene rings is 2. The molecule has 2 atom stereocenters. The number of amides is 1. The minimum Gasteiger partial charge on any atom is -0.484 e. The van der Waals surface area contributed by atoms with E-state index in [1.54, 1.807) is 6.07 Å². The summed E-state index contributed by atoms with van der Waals surface area (Å²) < 4.78 is 19.9. The van der Waals surface area contributed by atoms with Gasteiger partial charge >= 0.3 is 0 Å². The summed E-state index contributed by atoms with van der Waals surface area (Å²) in [6, 6.07) is 10.6. The lowest BCUT2D eigenvalue weighted by Crippen LogP contribution is -2.38. The molecule has 0 radical (unpaired) electrons. The molecule has 5 nitrogen and oxygen atoms in total. The number of rotatable bonds is 4. The summed E-state index contributed by atoms with van der Waals surface area (Å²) in [4.78, 5) is 15.0. The largest absolute Gasteiger partial charge is 0.484 e. The fraction of sp³-hybridized carbons (Fsp3) is 0.400. The topological polar surface area (TPSA) is 61.8 Å². The first-order valence-electron chi connectivity index (χ1n) is 11.1. The second-order valence-electron chi connectivity index (χ2n) is 8.73. The summed E-state index contributed by atoms with van der Waals surface area (Å²) in [5.41, 5.74) is 4.76. The number of anilines is 1. The molecule has 3 heterocycles. The van der Waals surface area contributed by atoms with Gasteiger partial charge in [0.2, 0.25) is 0 Å². The minimum absolute atomic E-state index is 0.167. The third-order valence-corrected chi connectivity index (χ3v) is 6.47. The fourth-order valence-electron chi connectivity index (χ4n) is 4.91. The van der Waals surface area contributed by atoms with Crippen LogP contribution in [0.1, 0.15) is 54.5 Å². The zero-order valence-corrected chi connectivity index (χ0v) is 17.7. The Labute approximate surface area is 181 Å². The van der Waals surface area contributed by atoms with Crippen LogP contribution in [0.5, 0.6) is 0 Å². The SMILES string of the molecule is CC1O/C(=C2/C(=O)Nc3ccc(F)cc32)c2ccc(CCCN3CCCC(O)C3)cc21. The van der Waals surface area contributed by atoms with Crippen molar-refractivity contribution in [2.45, 2.75) is 44.8 Å². The first-order chi connectivity index (χ1) is 15.0. The summed E-state index contributed by atoms with van der Waals surface area (Å²) in [5, 5.41) is 12.6. The van der Waals surface area contributed by atoms with Gasteiger partial charge in [-0.15, -0.1) is 0 Å². The number of carbonyl (C=O) groups is 1. The van der Waals surface area contributed by atoms with Gasteiger partial charge in [-0.2, -0.15) is 0 Å². The lowest BCUT2D eigenvalue weighted by atomic mass is 9.96. The smallest absolute Gasteiger partial charge is 0.260 e. The average molecular weight is 423 g/mol. The summed E-state index contributed by atoms with van der Waals surface area (Å²) in [5.74, 6) is -0.113. The van der Waals surface area contributed by atoms with Crippen LogP contribution in [0.25, 0.3) is 11.3 Å².